The van der Waals surface area contributed by atoms with Gasteiger partial charge in [0.05, 0.1) is 5.52 Å². The monoisotopic (exact) mass is 415 g/mol. The third kappa shape index (κ3) is 3.88. The van der Waals surface area contributed by atoms with Gasteiger partial charge >= 0.3 is 0 Å². The Morgan fingerprint density at radius 2 is 1.60 bits per heavy atom. The number of fused-ring (bicyclic) bond motifs is 1. The van der Waals surface area contributed by atoms with Crippen molar-refractivity contribution in [2.24, 2.45) is 0 Å². The minimum Gasteiger partial charge on any atom is -0.274 e. The molecule has 1 aromatic heterocycles. The van der Waals surface area contributed by atoms with Gasteiger partial charge in [-0.3, -0.25) is 9.36 Å². The Bertz CT molecular complexity index is 1240. The molecule has 4 rings (SSSR count). The van der Waals surface area contributed by atoms with Crippen molar-refractivity contribution < 1.29 is 9.00 Å². The number of hydrogen-bond donors (Lipinski definition) is 0. The van der Waals surface area contributed by atoms with Crippen LogP contribution < -0.4 is 0 Å². The summed E-state index contributed by atoms with van der Waals surface area (Å²) in [5, 5.41) is 1.45. The maximum Gasteiger partial charge on any atom is 0.232 e. The van der Waals surface area contributed by atoms with Crippen LogP contribution in [0.1, 0.15) is 40.7 Å². The predicted octanol–water partition coefficient (Wildman–Crippen LogP) is 6.26. The first-order valence-electron chi connectivity index (χ1n) is 10.1. The lowest BCUT2D eigenvalue weighted by atomic mass is 9.93. The van der Waals surface area contributed by atoms with Crippen molar-refractivity contribution in [1.29, 1.82) is 0 Å². The lowest BCUT2D eigenvalue weighted by molar-refractivity contribution is 0.0891. The van der Waals surface area contributed by atoms with Crippen LogP contribution in [0.5, 0.6) is 0 Å². The third-order valence-electron chi connectivity index (χ3n) is 5.55. The molecule has 1 unspecified atom stereocenters. The van der Waals surface area contributed by atoms with E-state index in [0.717, 1.165) is 16.5 Å². The van der Waals surface area contributed by atoms with Gasteiger partial charge in [0.25, 0.3) is 0 Å². The second kappa shape index (κ2) is 8.41. The van der Waals surface area contributed by atoms with E-state index in [9.17, 15) is 9.00 Å². The molecule has 0 spiro atoms. The number of aromatic nitrogens is 1. The van der Waals surface area contributed by atoms with Crippen LogP contribution in [0.25, 0.3) is 10.9 Å². The van der Waals surface area contributed by atoms with Crippen LogP contribution in [0.3, 0.4) is 0 Å². The Kier molecular flexibility index (Phi) is 5.69. The molecule has 0 saturated heterocycles. The Hall–Kier alpha value is -2.98. The summed E-state index contributed by atoms with van der Waals surface area (Å²) in [5.74, 6) is 0.0305. The average molecular weight is 416 g/mol. The highest BCUT2D eigenvalue weighted by atomic mass is 32.2. The zero-order chi connectivity index (χ0) is 21.3. The van der Waals surface area contributed by atoms with Gasteiger partial charge in [0.2, 0.25) is 5.91 Å². The highest BCUT2D eigenvalue weighted by molar-refractivity contribution is 7.85. The third-order valence-corrected chi connectivity index (χ3v) is 6.93. The first-order valence-corrected chi connectivity index (χ1v) is 11.3. The molecule has 0 N–H and O–H groups in total. The van der Waals surface area contributed by atoms with Gasteiger partial charge in [-0.25, -0.2) is 4.21 Å². The first kappa shape index (κ1) is 20.3. The molecule has 4 heteroatoms. The second-order valence-corrected chi connectivity index (χ2v) is 9.24. The fourth-order valence-electron chi connectivity index (χ4n) is 3.91. The van der Waals surface area contributed by atoms with Crippen LogP contribution >= 0.6 is 0 Å². The van der Waals surface area contributed by atoms with Crippen LogP contribution in [-0.4, -0.2) is 14.7 Å². The van der Waals surface area contributed by atoms with E-state index < -0.39 is 10.8 Å². The Morgan fingerprint density at radius 3 is 2.33 bits per heavy atom. The van der Waals surface area contributed by atoms with Gasteiger partial charge < -0.3 is 0 Å². The summed E-state index contributed by atoms with van der Waals surface area (Å²) in [7, 11) is -1.44. The maximum absolute atomic E-state index is 13.5. The number of nitrogens with zero attached hydrogens (tertiary/aromatic N) is 1. The van der Waals surface area contributed by atoms with E-state index >= 15 is 0 Å². The van der Waals surface area contributed by atoms with E-state index in [-0.39, 0.29) is 11.8 Å². The van der Waals surface area contributed by atoms with Gasteiger partial charge in [0.15, 0.2) is 0 Å². The van der Waals surface area contributed by atoms with Crippen LogP contribution in [0.4, 0.5) is 0 Å². The molecule has 0 aliphatic heterocycles. The molecular weight excluding hydrogens is 390 g/mol. The Morgan fingerprint density at radius 1 is 0.933 bits per heavy atom. The van der Waals surface area contributed by atoms with E-state index in [0.29, 0.717) is 16.3 Å². The molecule has 4 aromatic rings. The summed E-state index contributed by atoms with van der Waals surface area (Å²) in [6, 6.07) is 25.4. The summed E-state index contributed by atoms with van der Waals surface area (Å²) < 4.78 is 15.1. The number of carbonyl (C=O) groups is 1. The molecule has 0 fully saturated rings. The number of carbonyl (C=O) groups excluding carboxylic acids is 1. The summed E-state index contributed by atoms with van der Waals surface area (Å²) in [6.45, 7) is 6.14. The molecule has 3 aromatic carbocycles. The van der Waals surface area contributed by atoms with Crippen LogP contribution in [-0.2, 0) is 10.8 Å². The van der Waals surface area contributed by atoms with Crippen LogP contribution in [0.15, 0.2) is 88.8 Å². The summed E-state index contributed by atoms with van der Waals surface area (Å²) in [5.41, 5.74) is 4.26. The lowest BCUT2D eigenvalue weighted by Crippen LogP contribution is -2.17. The molecule has 0 aliphatic carbocycles. The Labute approximate surface area is 179 Å². The van der Waals surface area contributed by atoms with Gasteiger partial charge in [0, 0.05) is 16.7 Å². The van der Waals surface area contributed by atoms with Gasteiger partial charge in [0.1, 0.15) is 15.8 Å². The molecule has 2 atom stereocenters. The van der Waals surface area contributed by atoms with Crippen LogP contribution in [0, 0.1) is 13.8 Å². The molecule has 152 valence electrons. The van der Waals surface area contributed by atoms with Crippen molar-refractivity contribution in [1.82, 2.24) is 4.57 Å². The van der Waals surface area contributed by atoms with Crippen molar-refractivity contribution in [3.05, 3.63) is 95.6 Å². The number of para-hydroxylation sites is 1. The van der Waals surface area contributed by atoms with E-state index in [1.807, 2.05) is 73.7 Å². The summed E-state index contributed by atoms with van der Waals surface area (Å²) >= 11 is 0. The minimum atomic E-state index is -1.44. The van der Waals surface area contributed by atoms with Crippen molar-refractivity contribution in [2.45, 2.75) is 43.0 Å². The topological polar surface area (TPSA) is 39.1 Å². The molecule has 0 aliphatic rings. The SMILES string of the molecule is Cc1ccc(S(=O)c2cc3ccccc3n2C(=O)C[C@H](C)c2ccccc2C)cc1. The summed E-state index contributed by atoms with van der Waals surface area (Å²) in [4.78, 5) is 14.2. The zero-order valence-electron chi connectivity index (χ0n) is 17.5. The van der Waals surface area contributed by atoms with E-state index in [1.54, 1.807) is 4.57 Å². The number of hydrogen-bond acceptors (Lipinski definition) is 2. The van der Waals surface area contributed by atoms with Gasteiger partial charge in [-0.1, -0.05) is 67.1 Å². The average Bonchev–Trinajstić information content (AvgIpc) is 3.13. The maximum atomic E-state index is 13.5. The van der Waals surface area contributed by atoms with Crippen molar-refractivity contribution in [3.8, 4) is 0 Å². The summed E-state index contributed by atoms with van der Waals surface area (Å²) in [6.07, 6.45) is 0.349. The molecular formula is C26H25NO2S. The fraction of sp³-hybridized carbons (Fsp3) is 0.192. The number of benzene rings is 3. The number of rotatable bonds is 5. The predicted molar refractivity (Wildman–Crippen MR) is 123 cm³/mol. The van der Waals surface area contributed by atoms with Gasteiger partial charge in [-0.2, -0.15) is 0 Å². The lowest BCUT2D eigenvalue weighted by Gasteiger charge is -2.16. The standard InChI is InChI=1S/C26H25NO2S/c1-18-12-14-22(15-13-18)30(29)26-17-21-9-5-7-11-24(21)27(26)25(28)16-20(3)23-10-6-4-8-19(23)2/h4-15,17,20H,16H2,1-3H3/t20-,30?/m0/s1. The molecule has 30 heavy (non-hydrogen) atoms. The molecule has 0 saturated carbocycles. The molecule has 3 nitrogen and oxygen atoms in total. The molecule has 0 bridgehead atoms. The number of aryl methyl sites for hydroxylation is 2. The normalized spacial score (nSPS) is 13.3. The Balaban J connectivity index is 1.75. The van der Waals surface area contributed by atoms with Crippen molar-refractivity contribution in [3.63, 3.8) is 0 Å². The molecule has 0 radical (unpaired) electrons. The second-order valence-electron chi connectivity index (χ2n) is 7.81. The highest BCUT2D eigenvalue weighted by Gasteiger charge is 2.22. The first-order chi connectivity index (χ1) is 14.5. The van der Waals surface area contributed by atoms with Crippen molar-refractivity contribution >= 4 is 27.6 Å². The van der Waals surface area contributed by atoms with Gasteiger partial charge in [-0.15, -0.1) is 0 Å². The van der Waals surface area contributed by atoms with Crippen molar-refractivity contribution in [2.75, 3.05) is 0 Å². The smallest absolute Gasteiger partial charge is 0.232 e. The van der Waals surface area contributed by atoms with E-state index in [2.05, 4.69) is 26.0 Å². The zero-order valence-corrected chi connectivity index (χ0v) is 18.3. The minimum absolute atomic E-state index is 0.0394. The largest absolute Gasteiger partial charge is 0.274 e. The highest BCUT2D eigenvalue weighted by Crippen LogP contribution is 2.29. The van der Waals surface area contributed by atoms with Crippen LogP contribution in [0.2, 0.25) is 0 Å². The molecule has 1 heterocycles. The van der Waals surface area contributed by atoms with E-state index in [1.165, 1.54) is 11.1 Å². The molecule has 0 amide bonds. The van der Waals surface area contributed by atoms with Gasteiger partial charge in [-0.05, 0) is 55.2 Å². The quantitative estimate of drug-likeness (QED) is 0.386. The fourth-order valence-corrected chi connectivity index (χ4v) is 5.13. The van der Waals surface area contributed by atoms with E-state index in [4.69, 9.17) is 0 Å².